The van der Waals surface area contributed by atoms with E-state index in [4.69, 9.17) is 13.9 Å². The van der Waals surface area contributed by atoms with Gasteiger partial charge in [-0.15, -0.1) is 0 Å². The maximum atomic E-state index is 12.4. The zero-order valence-corrected chi connectivity index (χ0v) is 15.4. The number of hydrogen-bond acceptors (Lipinski definition) is 5. The van der Waals surface area contributed by atoms with Crippen LogP contribution in [0.4, 0.5) is 5.69 Å². The van der Waals surface area contributed by atoms with Crippen molar-refractivity contribution in [3.05, 3.63) is 72.3 Å². The molecular formula is C22H18N2O4. The molecule has 0 saturated heterocycles. The summed E-state index contributed by atoms with van der Waals surface area (Å²) < 4.78 is 16.1. The molecule has 6 heteroatoms. The third-order valence-corrected chi connectivity index (χ3v) is 4.34. The highest BCUT2D eigenvalue weighted by molar-refractivity contribution is 6.04. The van der Waals surface area contributed by atoms with E-state index in [2.05, 4.69) is 10.3 Å². The summed E-state index contributed by atoms with van der Waals surface area (Å²) in [6.07, 6.45) is 0. The van der Waals surface area contributed by atoms with E-state index >= 15 is 0 Å². The van der Waals surface area contributed by atoms with Gasteiger partial charge in [-0.05, 0) is 60.7 Å². The van der Waals surface area contributed by atoms with E-state index in [-0.39, 0.29) is 5.91 Å². The van der Waals surface area contributed by atoms with Crippen LogP contribution in [0.5, 0.6) is 11.5 Å². The maximum absolute atomic E-state index is 12.4. The van der Waals surface area contributed by atoms with Crippen molar-refractivity contribution in [2.24, 2.45) is 0 Å². The fraction of sp³-hybridized carbons (Fsp3) is 0.0909. The fourth-order valence-electron chi connectivity index (χ4n) is 2.80. The Bertz CT molecular complexity index is 1120. The second-order valence-corrected chi connectivity index (χ2v) is 6.11. The molecule has 0 aliphatic rings. The Balaban J connectivity index is 1.51. The van der Waals surface area contributed by atoms with Crippen molar-refractivity contribution >= 4 is 22.7 Å². The number of hydrogen-bond donors (Lipinski definition) is 1. The first-order chi connectivity index (χ1) is 13.7. The average Bonchev–Trinajstić information content (AvgIpc) is 3.17. The molecule has 1 amide bonds. The summed E-state index contributed by atoms with van der Waals surface area (Å²) in [4.78, 5) is 16.9. The van der Waals surface area contributed by atoms with Crippen LogP contribution in [0.15, 0.2) is 71.1 Å². The first-order valence-corrected chi connectivity index (χ1v) is 8.67. The van der Waals surface area contributed by atoms with Crippen molar-refractivity contribution in [3.8, 4) is 23.0 Å². The highest BCUT2D eigenvalue weighted by Gasteiger charge is 2.10. The smallest absolute Gasteiger partial charge is 0.255 e. The second kappa shape index (κ2) is 7.44. The standard InChI is InChI=1S/C22H18N2O4/c1-26-17-9-5-14(6-10-17)21(25)23-16-7-3-15(4-8-16)22-24-19-13-18(27-2)11-12-20(19)28-22/h3-13H,1-2H3,(H,23,25). The average molecular weight is 374 g/mol. The molecule has 6 nitrogen and oxygen atoms in total. The Kier molecular flexibility index (Phi) is 4.68. The van der Waals surface area contributed by atoms with Gasteiger partial charge < -0.3 is 19.2 Å². The fourth-order valence-corrected chi connectivity index (χ4v) is 2.80. The van der Waals surface area contributed by atoms with Gasteiger partial charge in [-0.3, -0.25) is 4.79 Å². The van der Waals surface area contributed by atoms with E-state index in [1.54, 1.807) is 38.5 Å². The van der Waals surface area contributed by atoms with Gasteiger partial charge >= 0.3 is 0 Å². The van der Waals surface area contributed by atoms with Crippen LogP contribution in [-0.2, 0) is 0 Å². The van der Waals surface area contributed by atoms with Crippen LogP contribution in [0, 0.1) is 0 Å². The van der Waals surface area contributed by atoms with Crippen LogP contribution in [0.25, 0.3) is 22.6 Å². The highest BCUT2D eigenvalue weighted by Crippen LogP contribution is 2.27. The number of anilines is 1. The van der Waals surface area contributed by atoms with E-state index in [9.17, 15) is 4.79 Å². The van der Waals surface area contributed by atoms with Gasteiger partial charge in [-0.25, -0.2) is 4.98 Å². The molecule has 0 bridgehead atoms. The lowest BCUT2D eigenvalue weighted by Gasteiger charge is -2.06. The lowest BCUT2D eigenvalue weighted by Crippen LogP contribution is -2.11. The molecule has 28 heavy (non-hydrogen) atoms. The van der Waals surface area contributed by atoms with Gasteiger partial charge in [-0.2, -0.15) is 0 Å². The molecule has 0 aliphatic carbocycles. The number of amides is 1. The molecule has 3 aromatic carbocycles. The van der Waals surface area contributed by atoms with Crippen LogP contribution in [0.1, 0.15) is 10.4 Å². The first-order valence-electron chi connectivity index (χ1n) is 8.67. The molecule has 0 unspecified atom stereocenters. The molecule has 0 spiro atoms. The molecular weight excluding hydrogens is 356 g/mol. The van der Waals surface area contributed by atoms with Gasteiger partial charge in [0.05, 0.1) is 14.2 Å². The van der Waals surface area contributed by atoms with Crippen LogP contribution in [0.2, 0.25) is 0 Å². The third kappa shape index (κ3) is 3.53. The van der Waals surface area contributed by atoms with Crippen LogP contribution in [0.3, 0.4) is 0 Å². The van der Waals surface area contributed by atoms with Gasteiger partial charge in [0, 0.05) is 22.9 Å². The molecule has 0 radical (unpaired) electrons. The number of fused-ring (bicyclic) bond motifs is 1. The Morgan fingerprint density at radius 3 is 2.25 bits per heavy atom. The maximum Gasteiger partial charge on any atom is 0.255 e. The summed E-state index contributed by atoms with van der Waals surface area (Å²) in [6, 6.07) is 19.7. The number of carbonyl (C=O) groups excluding carboxylic acids is 1. The molecule has 1 aromatic heterocycles. The zero-order valence-electron chi connectivity index (χ0n) is 15.4. The normalized spacial score (nSPS) is 10.6. The predicted octanol–water partition coefficient (Wildman–Crippen LogP) is 4.76. The largest absolute Gasteiger partial charge is 0.497 e. The monoisotopic (exact) mass is 374 g/mol. The predicted molar refractivity (Wildman–Crippen MR) is 107 cm³/mol. The van der Waals surface area contributed by atoms with E-state index in [1.165, 1.54) is 0 Å². The summed E-state index contributed by atoms with van der Waals surface area (Å²) in [6.45, 7) is 0. The Labute approximate surface area is 161 Å². The van der Waals surface area contributed by atoms with Gasteiger partial charge in [0.2, 0.25) is 5.89 Å². The topological polar surface area (TPSA) is 73.6 Å². The molecule has 0 aliphatic heterocycles. The van der Waals surface area contributed by atoms with Crippen molar-refractivity contribution in [2.45, 2.75) is 0 Å². The summed E-state index contributed by atoms with van der Waals surface area (Å²) >= 11 is 0. The van der Waals surface area contributed by atoms with Crippen molar-refractivity contribution in [1.29, 1.82) is 0 Å². The van der Waals surface area contributed by atoms with Crippen molar-refractivity contribution in [3.63, 3.8) is 0 Å². The number of methoxy groups -OCH3 is 2. The lowest BCUT2D eigenvalue weighted by atomic mass is 10.1. The number of aromatic nitrogens is 1. The van der Waals surface area contributed by atoms with E-state index in [1.807, 2.05) is 42.5 Å². The van der Waals surface area contributed by atoms with Gasteiger partial charge in [-0.1, -0.05) is 0 Å². The van der Waals surface area contributed by atoms with Gasteiger partial charge in [0.1, 0.15) is 17.0 Å². The first kappa shape index (κ1) is 17.6. The number of carbonyl (C=O) groups is 1. The zero-order chi connectivity index (χ0) is 19.5. The number of rotatable bonds is 5. The van der Waals surface area contributed by atoms with Crippen LogP contribution in [-0.4, -0.2) is 25.1 Å². The summed E-state index contributed by atoms with van der Waals surface area (Å²) in [5.41, 5.74) is 3.47. The van der Waals surface area contributed by atoms with Crippen LogP contribution < -0.4 is 14.8 Å². The quantitative estimate of drug-likeness (QED) is 0.545. The van der Waals surface area contributed by atoms with E-state index < -0.39 is 0 Å². The number of oxazole rings is 1. The minimum atomic E-state index is -0.190. The summed E-state index contributed by atoms with van der Waals surface area (Å²) in [5, 5.41) is 2.87. The van der Waals surface area contributed by atoms with Gasteiger partial charge in [0.15, 0.2) is 5.58 Å². The second-order valence-electron chi connectivity index (χ2n) is 6.11. The Morgan fingerprint density at radius 2 is 1.57 bits per heavy atom. The molecule has 1 N–H and O–H groups in total. The minimum absolute atomic E-state index is 0.190. The number of ether oxygens (including phenoxy) is 2. The van der Waals surface area contributed by atoms with Crippen LogP contribution >= 0.6 is 0 Å². The van der Waals surface area contributed by atoms with Gasteiger partial charge in [0.25, 0.3) is 5.91 Å². The minimum Gasteiger partial charge on any atom is -0.497 e. The molecule has 4 aromatic rings. The molecule has 0 saturated carbocycles. The van der Waals surface area contributed by atoms with E-state index in [0.29, 0.717) is 28.5 Å². The summed E-state index contributed by atoms with van der Waals surface area (Å²) in [5.74, 6) is 1.75. The van der Waals surface area contributed by atoms with Crippen molar-refractivity contribution < 1.29 is 18.7 Å². The van der Waals surface area contributed by atoms with Crippen molar-refractivity contribution in [1.82, 2.24) is 4.98 Å². The lowest BCUT2D eigenvalue weighted by molar-refractivity contribution is 0.102. The Morgan fingerprint density at radius 1 is 0.893 bits per heavy atom. The van der Waals surface area contributed by atoms with Crippen molar-refractivity contribution in [2.75, 3.05) is 19.5 Å². The molecule has 1 heterocycles. The number of nitrogens with one attached hydrogen (secondary N) is 1. The summed E-state index contributed by atoms with van der Waals surface area (Å²) in [7, 11) is 3.20. The SMILES string of the molecule is COc1ccc(C(=O)Nc2ccc(-c3nc4cc(OC)ccc4o3)cc2)cc1. The molecule has 4 rings (SSSR count). The Hall–Kier alpha value is -3.80. The highest BCUT2D eigenvalue weighted by atomic mass is 16.5. The van der Waals surface area contributed by atoms with E-state index in [0.717, 1.165) is 16.8 Å². The molecule has 0 fully saturated rings. The number of benzene rings is 3. The molecule has 0 atom stereocenters. The number of nitrogens with zero attached hydrogens (tertiary/aromatic N) is 1. The third-order valence-electron chi connectivity index (χ3n) is 4.34. The molecule has 140 valence electrons.